The molecular formula is C14H21N3OS. The van der Waals surface area contributed by atoms with Crippen molar-refractivity contribution in [1.29, 1.82) is 0 Å². The van der Waals surface area contributed by atoms with Gasteiger partial charge in [0.2, 0.25) is 5.91 Å². The fourth-order valence-corrected chi connectivity index (χ4v) is 1.75. The topological polar surface area (TPSA) is 58.4 Å². The van der Waals surface area contributed by atoms with Crippen molar-refractivity contribution in [3.63, 3.8) is 0 Å². The molecule has 0 spiro atoms. The lowest BCUT2D eigenvalue weighted by molar-refractivity contribution is -0.116. The summed E-state index contributed by atoms with van der Waals surface area (Å²) in [6.45, 7) is 4.04. The smallest absolute Gasteiger partial charge is 0.224 e. The zero-order valence-electron chi connectivity index (χ0n) is 11.5. The van der Waals surface area contributed by atoms with Gasteiger partial charge in [-0.2, -0.15) is 0 Å². The molecule has 0 aliphatic rings. The van der Waals surface area contributed by atoms with Crippen molar-refractivity contribution in [1.82, 2.24) is 4.90 Å². The Labute approximate surface area is 120 Å². The molecule has 1 aromatic rings. The molecule has 5 heteroatoms. The van der Waals surface area contributed by atoms with Crippen molar-refractivity contribution in [2.45, 2.75) is 19.8 Å². The van der Waals surface area contributed by atoms with Crippen LogP contribution < -0.4 is 11.1 Å². The third kappa shape index (κ3) is 5.81. The fraction of sp³-hybridized carbons (Fsp3) is 0.429. The molecule has 104 valence electrons. The van der Waals surface area contributed by atoms with Crippen molar-refractivity contribution in [3.05, 3.63) is 29.8 Å². The summed E-state index contributed by atoms with van der Waals surface area (Å²) in [5, 5.41) is 2.86. The van der Waals surface area contributed by atoms with Crippen LogP contribution in [0.15, 0.2) is 24.3 Å². The van der Waals surface area contributed by atoms with Crippen LogP contribution in [0, 0.1) is 0 Å². The van der Waals surface area contributed by atoms with Gasteiger partial charge in [0.05, 0.1) is 0 Å². The van der Waals surface area contributed by atoms with E-state index >= 15 is 0 Å². The molecule has 1 aromatic carbocycles. The quantitative estimate of drug-likeness (QED) is 0.749. The molecule has 0 radical (unpaired) electrons. The van der Waals surface area contributed by atoms with Gasteiger partial charge in [-0.05, 0) is 50.8 Å². The predicted octanol–water partition coefficient (Wildman–Crippen LogP) is 1.99. The van der Waals surface area contributed by atoms with Crippen LogP contribution in [0.1, 0.15) is 25.3 Å². The molecule has 0 fully saturated rings. The lowest BCUT2D eigenvalue weighted by atomic mass is 10.2. The molecule has 0 unspecified atom stereocenters. The first-order chi connectivity index (χ1) is 9.02. The zero-order chi connectivity index (χ0) is 14.3. The Balaban J connectivity index is 2.38. The van der Waals surface area contributed by atoms with E-state index in [-0.39, 0.29) is 5.91 Å². The summed E-state index contributed by atoms with van der Waals surface area (Å²) in [4.78, 5) is 14.3. The van der Waals surface area contributed by atoms with E-state index in [2.05, 4.69) is 17.1 Å². The number of amides is 1. The molecule has 19 heavy (non-hydrogen) atoms. The van der Waals surface area contributed by atoms with Gasteiger partial charge in [-0.3, -0.25) is 4.79 Å². The highest BCUT2D eigenvalue weighted by molar-refractivity contribution is 7.80. The Morgan fingerprint density at radius 3 is 2.53 bits per heavy atom. The number of nitrogens with one attached hydrogen (secondary N) is 1. The third-order valence-corrected chi connectivity index (χ3v) is 3.17. The van der Waals surface area contributed by atoms with Crippen LogP contribution >= 0.6 is 12.2 Å². The molecule has 1 rings (SSSR count). The minimum Gasteiger partial charge on any atom is -0.389 e. The van der Waals surface area contributed by atoms with Gasteiger partial charge in [-0.1, -0.05) is 19.1 Å². The lowest BCUT2D eigenvalue weighted by Gasteiger charge is -2.13. The molecule has 3 N–H and O–H groups in total. The number of thiocarbonyl (C=S) groups is 1. The van der Waals surface area contributed by atoms with Gasteiger partial charge in [0, 0.05) is 17.7 Å². The zero-order valence-corrected chi connectivity index (χ0v) is 12.3. The second-order valence-corrected chi connectivity index (χ2v) is 4.93. The van der Waals surface area contributed by atoms with Crippen LogP contribution in [0.25, 0.3) is 0 Å². The molecule has 0 aliphatic carbocycles. The Bertz CT molecular complexity index is 431. The SMILES string of the molecule is CCN(C)CCCC(=O)Nc1ccc(C(N)=S)cc1. The van der Waals surface area contributed by atoms with Crippen molar-refractivity contribution < 1.29 is 4.79 Å². The van der Waals surface area contributed by atoms with Gasteiger partial charge in [-0.15, -0.1) is 0 Å². The summed E-state index contributed by atoms with van der Waals surface area (Å²) in [5.41, 5.74) is 7.09. The van der Waals surface area contributed by atoms with E-state index in [4.69, 9.17) is 18.0 Å². The molecule has 0 heterocycles. The molecule has 0 atom stereocenters. The summed E-state index contributed by atoms with van der Waals surface area (Å²) in [6.07, 6.45) is 1.39. The maximum absolute atomic E-state index is 11.7. The van der Waals surface area contributed by atoms with Crippen molar-refractivity contribution >= 4 is 28.8 Å². The maximum Gasteiger partial charge on any atom is 0.224 e. The number of nitrogens with zero attached hydrogens (tertiary/aromatic N) is 1. The van der Waals surface area contributed by atoms with E-state index in [1.807, 2.05) is 31.3 Å². The van der Waals surface area contributed by atoms with Gasteiger partial charge in [0.1, 0.15) is 4.99 Å². The first kappa shape index (κ1) is 15.6. The average Bonchev–Trinajstić information content (AvgIpc) is 2.39. The van der Waals surface area contributed by atoms with Gasteiger partial charge < -0.3 is 16.0 Å². The summed E-state index contributed by atoms with van der Waals surface area (Å²) in [7, 11) is 2.05. The van der Waals surface area contributed by atoms with Crippen LogP contribution in [-0.2, 0) is 4.79 Å². The number of anilines is 1. The van der Waals surface area contributed by atoms with Crippen LogP contribution in [0.3, 0.4) is 0 Å². The van der Waals surface area contributed by atoms with Gasteiger partial charge in [0.15, 0.2) is 0 Å². The van der Waals surface area contributed by atoms with Gasteiger partial charge >= 0.3 is 0 Å². The fourth-order valence-electron chi connectivity index (χ4n) is 1.61. The van der Waals surface area contributed by atoms with Crippen LogP contribution in [0.2, 0.25) is 0 Å². The van der Waals surface area contributed by atoms with Crippen molar-refractivity contribution in [2.24, 2.45) is 5.73 Å². The molecule has 1 amide bonds. The molecular weight excluding hydrogens is 258 g/mol. The van der Waals surface area contributed by atoms with Crippen molar-refractivity contribution in [3.8, 4) is 0 Å². The number of rotatable bonds is 7. The minimum atomic E-state index is 0.0348. The molecule has 0 aromatic heterocycles. The number of carbonyl (C=O) groups excluding carboxylic acids is 1. The van der Waals surface area contributed by atoms with E-state index in [1.165, 1.54) is 0 Å². The first-order valence-corrected chi connectivity index (χ1v) is 6.82. The predicted molar refractivity (Wildman–Crippen MR) is 83.4 cm³/mol. The largest absolute Gasteiger partial charge is 0.389 e. The monoisotopic (exact) mass is 279 g/mol. The molecule has 0 saturated carbocycles. The number of benzene rings is 1. The molecule has 0 bridgehead atoms. The highest BCUT2D eigenvalue weighted by Crippen LogP contribution is 2.10. The van der Waals surface area contributed by atoms with E-state index in [0.29, 0.717) is 11.4 Å². The number of hydrogen-bond donors (Lipinski definition) is 2. The van der Waals surface area contributed by atoms with Crippen molar-refractivity contribution in [2.75, 3.05) is 25.5 Å². The average molecular weight is 279 g/mol. The van der Waals surface area contributed by atoms with Crippen LogP contribution in [0.4, 0.5) is 5.69 Å². The molecule has 0 saturated heterocycles. The Hall–Kier alpha value is -1.46. The minimum absolute atomic E-state index is 0.0348. The lowest BCUT2D eigenvalue weighted by Crippen LogP contribution is -2.20. The van der Waals surface area contributed by atoms with E-state index < -0.39 is 0 Å². The van der Waals surface area contributed by atoms with Gasteiger partial charge in [-0.25, -0.2) is 0 Å². The highest BCUT2D eigenvalue weighted by Gasteiger charge is 2.04. The molecule has 4 nitrogen and oxygen atoms in total. The number of hydrogen-bond acceptors (Lipinski definition) is 3. The molecule has 0 aliphatic heterocycles. The van der Waals surface area contributed by atoms with E-state index in [1.54, 1.807) is 0 Å². The highest BCUT2D eigenvalue weighted by atomic mass is 32.1. The normalized spacial score (nSPS) is 10.5. The first-order valence-electron chi connectivity index (χ1n) is 6.41. The number of carbonyl (C=O) groups is 1. The summed E-state index contributed by atoms with van der Waals surface area (Å²) in [5.74, 6) is 0.0348. The Morgan fingerprint density at radius 2 is 2.00 bits per heavy atom. The Morgan fingerprint density at radius 1 is 1.37 bits per heavy atom. The second-order valence-electron chi connectivity index (χ2n) is 4.49. The third-order valence-electron chi connectivity index (χ3n) is 2.94. The van der Waals surface area contributed by atoms with Crippen LogP contribution in [0.5, 0.6) is 0 Å². The standard InChI is InChI=1S/C14H21N3OS/c1-3-17(2)10-4-5-13(18)16-12-8-6-11(7-9-12)14(15)19/h6-9H,3-5,10H2,1-2H3,(H2,15,19)(H,16,18). The van der Waals surface area contributed by atoms with E-state index in [9.17, 15) is 4.79 Å². The van der Waals surface area contributed by atoms with Crippen LogP contribution in [-0.4, -0.2) is 35.9 Å². The second kappa shape index (κ2) is 7.86. The summed E-state index contributed by atoms with van der Waals surface area (Å²) in [6, 6.07) is 7.24. The van der Waals surface area contributed by atoms with E-state index in [0.717, 1.165) is 30.8 Å². The number of nitrogens with two attached hydrogens (primary N) is 1. The van der Waals surface area contributed by atoms with Gasteiger partial charge in [0.25, 0.3) is 0 Å². The maximum atomic E-state index is 11.7. The summed E-state index contributed by atoms with van der Waals surface area (Å²) >= 11 is 4.87. The Kier molecular flexibility index (Phi) is 6.45. The summed E-state index contributed by atoms with van der Waals surface area (Å²) < 4.78 is 0.